The van der Waals surface area contributed by atoms with Crippen molar-refractivity contribution >= 4 is 16.7 Å². The third kappa shape index (κ3) is 4.33. The highest BCUT2D eigenvalue weighted by atomic mass is 19.4. The van der Waals surface area contributed by atoms with Crippen molar-refractivity contribution in [3.63, 3.8) is 0 Å². The number of anilines is 1. The molecule has 2 aromatic carbocycles. The molecular weight excluding hydrogens is 447 g/mol. The minimum atomic E-state index is -4.86. The Morgan fingerprint density at radius 3 is 2.33 bits per heavy atom. The van der Waals surface area contributed by atoms with E-state index in [2.05, 4.69) is 5.32 Å². The lowest BCUT2D eigenvalue weighted by Crippen LogP contribution is -2.61. The van der Waals surface area contributed by atoms with Gasteiger partial charge in [0, 0.05) is 17.1 Å². The first-order valence-corrected chi connectivity index (χ1v) is 9.92. The predicted octanol–water partition coefficient (Wildman–Crippen LogP) is 1.69. The summed E-state index contributed by atoms with van der Waals surface area (Å²) in [7, 11) is 0. The molecule has 4 rings (SSSR count). The summed E-state index contributed by atoms with van der Waals surface area (Å²) in [6, 6.07) is 9.55. The van der Waals surface area contributed by atoms with E-state index in [1.54, 1.807) is 6.07 Å². The van der Waals surface area contributed by atoms with Gasteiger partial charge in [0.15, 0.2) is 6.29 Å². The van der Waals surface area contributed by atoms with Crippen LogP contribution in [-0.2, 0) is 10.9 Å². The lowest BCUT2D eigenvalue weighted by molar-refractivity contribution is -0.245. The van der Waals surface area contributed by atoms with E-state index in [-0.39, 0.29) is 22.2 Å². The molecule has 176 valence electrons. The van der Waals surface area contributed by atoms with E-state index in [0.717, 1.165) is 12.1 Å². The van der Waals surface area contributed by atoms with E-state index in [4.69, 9.17) is 14.3 Å². The van der Waals surface area contributed by atoms with E-state index in [1.807, 2.05) is 0 Å². The average Bonchev–Trinajstić information content (AvgIpc) is 2.78. The number of halogens is 3. The van der Waals surface area contributed by atoms with Gasteiger partial charge in [0.05, 0.1) is 17.7 Å². The van der Waals surface area contributed by atoms with Crippen molar-refractivity contribution < 1.29 is 42.8 Å². The SMILES string of the molecule is O=c1oc2cc(NC3C(O)OC(CO)[C@H](O)C3O)ccc2c(C(F)(F)F)c1-c1ccccc1. The summed E-state index contributed by atoms with van der Waals surface area (Å²) in [5.41, 5.74) is -3.16. The Labute approximate surface area is 184 Å². The number of fused-ring (bicyclic) bond motifs is 1. The summed E-state index contributed by atoms with van der Waals surface area (Å²) < 4.78 is 52.3. The molecule has 0 radical (unpaired) electrons. The van der Waals surface area contributed by atoms with Crippen molar-refractivity contribution in [2.24, 2.45) is 0 Å². The molecule has 1 fully saturated rings. The molecule has 5 N–H and O–H groups in total. The van der Waals surface area contributed by atoms with Crippen LogP contribution in [-0.4, -0.2) is 57.7 Å². The first-order chi connectivity index (χ1) is 15.6. The Balaban J connectivity index is 1.77. The first kappa shape index (κ1) is 23.2. The lowest BCUT2D eigenvalue weighted by atomic mass is 9.96. The van der Waals surface area contributed by atoms with Crippen LogP contribution in [0.5, 0.6) is 0 Å². The predicted molar refractivity (Wildman–Crippen MR) is 110 cm³/mol. The molecule has 3 aromatic rings. The van der Waals surface area contributed by atoms with Crippen LogP contribution in [0.25, 0.3) is 22.1 Å². The van der Waals surface area contributed by atoms with Crippen LogP contribution >= 0.6 is 0 Å². The molecule has 1 saturated heterocycles. The van der Waals surface area contributed by atoms with Gasteiger partial charge >= 0.3 is 11.8 Å². The van der Waals surface area contributed by atoms with Crippen molar-refractivity contribution in [1.82, 2.24) is 0 Å². The van der Waals surface area contributed by atoms with E-state index in [9.17, 15) is 33.3 Å². The van der Waals surface area contributed by atoms with Crippen molar-refractivity contribution in [1.29, 1.82) is 0 Å². The molecular formula is C22H20F3NO7. The van der Waals surface area contributed by atoms with Gasteiger partial charge in [-0.05, 0) is 17.7 Å². The van der Waals surface area contributed by atoms with Crippen LogP contribution in [0.2, 0.25) is 0 Å². The highest BCUT2D eigenvalue weighted by Crippen LogP contribution is 2.40. The van der Waals surface area contributed by atoms with Gasteiger partial charge in [0.1, 0.15) is 29.9 Å². The quantitative estimate of drug-likeness (QED) is 0.367. The number of aliphatic hydroxyl groups excluding tert-OH is 4. The van der Waals surface area contributed by atoms with Gasteiger partial charge in [-0.25, -0.2) is 4.79 Å². The number of aliphatic hydroxyl groups is 4. The Bertz CT molecular complexity index is 1200. The zero-order valence-electron chi connectivity index (χ0n) is 16.9. The van der Waals surface area contributed by atoms with Crippen LogP contribution < -0.4 is 10.9 Å². The minimum absolute atomic E-state index is 0.0562. The molecule has 5 atom stereocenters. The molecule has 11 heteroatoms. The van der Waals surface area contributed by atoms with Crippen LogP contribution in [0, 0.1) is 0 Å². The Morgan fingerprint density at radius 2 is 1.70 bits per heavy atom. The number of ether oxygens (including phenoxy) is 1. The number of nitrogens with one attached hydrogen (secondary N) is 1. The first-order valence-electron chi connectivity index (χ1n) is 9.92. The molecule has 4 unspecified atom stereocenters. The summed E-state index contributed by atoms with van der Waals surface area (Å²) in [6.45, 7) is -0.646. The van der Waals surface area contributed by atoms with Gasteiger partial charge in [-0.15, -0.1) is 0 Å². The summed E-state index contributed by atoms with van der Waals surface area (Å²) in [5, 5.41) is 41.8. The fourth-order valence-corrected chi connectivity index (χ4v) is 3.90. The van der Waals surface area contributed by atoms with Gasteiger partial charge in [0.25, 0.3) is 0 Å². The molecule has 0 aliphatic carbocycles. The Morgan fingerprint density at radius 1 is 1.00 bits per heavy atom. The fourth-order valence-electron chi connectivity index (χ4n) is 3.90. The maximum absolute atomic E-state index is 14.0. The van der Waals surface area contributed by atoms with E-state index in [1.165, 1.54) is 30.3 Å². The Kier molecular flexibility index (Phi) is 6.16. The minimum Gasteiger partial charge on any atom is -0.422 e. The molecule has 2 heterocycles. The van der Waals surface area contributed by atoms with Crippen LogP contribution in [0.4, 0.5) is 18.9 Å². The molecule has 0 saturated carbocycles. The van der Waals surface area contributed by atoms with Crippen molar-refractivity contribution in [2.45, 2.75) is 36.8 Å². The number of hydrogen-bond donors (Lipinski definition) is 5. The fraction of sp³-hybridized carbons (Fsp3) is 0.318. The van der Waals surface area contributed by atoms with Crippen molar-refractivity contribution in [2.75, 3.05) is 11.9 Å². The highest BCUT2D eigenvalue weighted by Gasteiger charge is 2.44. The second kappa shape index (κ2) is 8.76. The maximum atomic E-state index is 14.0. The van der Waals surface area contributed by atoms with Crippen LogP contribution in [0.15, 0.2) is 57.7 Å². The van der Waals surface area contributed by atoms with Crippen molar-refractivity contribution in [3.05, 3.63) is 64.5 Å². The van der Waals surface area contributed by atoms with Gasteiger partial charge in [0.2, 0.25) is 0 Å². The van der Waals surface area contributed by atoms with Gasteiger partial charge < -0.3 is 34.9 Å². The lowest BCUT2D eigenvalue weighted by Gasteiger charge is -2.40. The van der Waals surface area contributed by atoms with Crippen LogP contribution in [0.1, 0.15) is 5.56 Å². The molecule has 8 nitrogen and oxygen atoms in total. The number of rotatable bonds is 4. The largest absolute Gasteiger partial charge is 0.422 e. The average molecular weight is 467 g/mol. The number of alkyl halides is 3. The second-order valence-corrected chi connectivity index (χ2v) is 7.61. The third-order valence-electron chi connectivity index (χ3n) is 5.49. The van der Waals surface area contributed by atoms with E-state index in [0.29, 0.717) is 0 Å². The molecule has 0 spiro atoms. The molecule has 33 heavy (non-hydrogen) atoms. The second-order valence-electron chi connectivity index (χ2n) is 7.61. The normalized spacial score (nSPS) is 25.8. The monoisotopic (exact) mass is 467 g/mol. The van der Waals surface area contributed by atoms with Gasteiger partial charge in [-0.2, -0.15) is 13.2 Å². The molecule has 1 aliphatic rings. The summed E-state index contributed by atoms with van der Waals surface area (Å²) in [5.74, 6) is 0. The molecule has 0 amide bonds. The van der Waals surface area contributed by atoms with E-state index >= 15 is 0 Å². The molecule has 1 aromatic heterocycles. The molecule has 1 aliphatic heterocycles. The molecule has 0 bridgehead atoms. The summed E-state index contributed by atoms with van der Waals surface area (Å²) in [4.78, 5) is 12.6. The highest BCUT2D eigenvalue weighted by molar-refractivity contribution is 5.89. The van der Waals surface area contributed by atoms with Crippen LogP contribution in [0.3, 0.4) is 0 Å². The van der Waals surface area contributed by atoms with E-state index < -0.39 is 60.2 Å². The third-order valence-corrected chi connectivity index (χ3v) is 5.49. The summed E-state index contributed by atoms with van der Waals surface area (Å²) in [6.07, 6.45) is -10.8. The summed E-state index contributed by atoms with van der Waals surface area (Å²) >= 11 is 0. The topological polar surface area (TPSA) is 132 Å². The van der Waals surface area contributed by atoms with Gasteiger partial charge in [-0.1, -0.05) is 30.3 Å². The zero-order valence-corrected chi connectivity index (χ0v) is 16.9. The zero-order chi connectivity index (χ0) is 23.9. The Hall–Kier alpha value is -2.96. The van der Waals surface area contributed by atoms with Crippen molar-refractivity contribution in [3.8, 4) is 11.1 Å². The standard InChI is InChI=1S/C22H20F3NO7/c23-22(24,25)16-12-7-6-11(26-17-19(29)18(28)14(9-27)33-21(17)31)8-13(12)32-20(30)15(16)10-4-2-1-3-5-10/h1-8,14,17-19,21,26-29,31H,9H2/t14?,17?,18-,19?,21?/m0/s1. The number of benzene rings is 2. The van der Waals surface area contributed by atoms with Gasteiger partial charge in [-0.3, -0.25) is 0 Å². The maximum Gasteiger partial charge on any atom is 0.417 e. The number of hydrogen-bond acceptors (Lipinski definition) is 8. The smallest absolute Gasteiger partial charge is 0.417 e.